The van der Waals surface area contributed by atoms with Crippen LogP contribution >= 0.6 is 11.6 Å². The molecule has 0 saturated heterocycles. The monoisotopic (exact) mass is 255 g/mol. The van der Waals surface area contributed by atoms with Crippen LogP contribution in [0.15, 0.2) is 18.2 Å². The highest BCUT2D eigenvalue weighted by atomic mass is 35.5. The lowest BCUT2D eigenvalue weighted by atomic mass is 10.1. The van der Waals surface area contributed by atoms with E-state index in [0.29, 0.717) is 16.3 Å². The number of carbonyl (C=O) groups is 2. The minimum Gasteiger partial charge on any atom is -0.398 e. The number of rotatable bonds is 4. The molecule has 2 amide bonds. The average molecular weight is 256 g/mol. The Balaban J connectivity index is 2.55. The predicted octanol–water partition coefficient (Wildman–Crippen LogP) is 0.788. The molecule has 0 aromatic heterocycles. The molecular weight excluding hydrogens is 242 g/mol. The van der Waals surface area contributed by atoms with Gasteiger partial charge in [0.05, 0.1) is 5.56 Å². The number of nitrogens with two attached hydrogens (primary N) is 1. The zero-order valence-electron chi connectivity index (χ0n) is 9.42. The van der Waals surface area contributed by atoms with Crippen LogP contribution in [0.5, 0.6) is 0 Å². The molecule has 92 valence electrons. The van der Waals surface area contributed by atoms with Gasteiger partial charge in [0.25, 0.3) is 5.91 Å². The van der Waals surface area contributed by atoms with E-state index < -0.39 is 0 Å². The Morgan fingerprint density at radius 1 is 1.41 bits per heavy atom. The van der Waals surface area contributed by atoms with Crippen LogP contribution < -0.4 is 16.4 Å². The van der Waals surface area contributed by atoms with E-state index in [9.17, 15) is 9.59 Å². The lowest BCUT2D eigenvalue weighted by Crippen LogP contribution is -2.29. The molecule has 0 aliphatic heterocycles. The lowest BCUT2D eigenvalue weighted by molar-refractivity contribution is -0.120. The molecule has 1 aromatic rings. The van der Waals surface area contributed by atoms with Gasteiger partial charge < -0.3 is 16.4 Å². The average Bonchev–Trinajstić information content (AvgIpc) is 2.28. The number of hydrogen-bond acceptors (Lipinski definition) is 3. The largest absolute Gasteiger partial charge is 0.398 e. The predicted molar refractivity (Wildman–Crippen MR) is 66.9 cm³/mol. The van der Waals surface area contributed by atoms with E-state index in [4.69, 9.17) is 17.3 Å². The van der Waals surface area contributed by atoms with Crippen LogP contribution in [0.4, 0.5) is 5.69 Å². The molecule has 0 heterocycles. The number of amides is 2. The number of nitrogens with one attached hydrogen (secondary N) is 2. The summed E-state index contributed by atoms with van der Waals surface area (Å²) in [6.45, 7) is 0.264. The molecular formula is C11H14ClN3O2. The Bertz CT molecular complexity index is 435. The summed E-state index contributed by atoms with van der Waals surface area (Å²) >= 11 is 5.72. The van der Waals surface area contributed by atoms with Gasteiger partial charge in [0.2, 0.25) is 5.91 Å². The van der Waals surface area contributed by atoms with Crippen molar-refractivity contribution in [1.82, 2.24) is 10.6 Å². The zero-order chi connectivity index (χ0) is 12.8. The van der Waals surface area contributed by atoms with Crippen LogP contribution in [-0.4, -0.2) is 25.4 Å². The summed E-state index contributed by atoms with van der Waals surface area (Å²) < 4.78 is 0. The first-order chi connectivity index (χ1) is 8.04. The second-order valence-corrected chi connectivity index (χ2v) is 3.85. The number of anilines is 1. The fraction of sp³-hybridized carbons (Fsp3) is 0.273. The maximum atomic E-state index is 11.7. The highest BCUT2D eigenvalue weighted by Crippen LogP contribution is 2.17. The van der Waals surface area contributed by atoms with Gasteiger partial charge in [-0.2, -0.15) is 0 Å². The molecule has 17 heavy (non-hydrogen) atoms. The third-order valence-corrected chi connectivity index (χ3v) is 2.41. The Morgan fingerprint density at radius 2 is 2.12 bits per heavy atom. The van der Waals surface area contributed by atoms with E-state index in [0.717, 1.165) is 0 Å². The molecule has 0 radical (unpaired) electrons. The van der Waals surface area contributed by atoms with Gasteiger partial charge in [0.15, 0.2) is 0 Å². The normalized spacial score (nSPS) is 9.76. The summed E-state index contributed by atoms with van der Waals surface area (Å²) in [5, 5.41) is 5.54. The molecule has 5 nitrogen and oxygen atoms in total. The molecule has 0 aliphatic rings. The van der Waals surface area contributed by atoms with E-state index in [1.54, 1.807) is 19.2 Å². The number of hydrogen-bond donors (Lipinski definition) is 3. The lowest BCUT2D eigenvalue weighted by Gasteiger charge is -2.07. The van der Waals surface area contributed by atoms with E-state index >= 15 is 0 Å². The van der Waals surface area contributed by atoms with Crippen molar-refractivity contribution in [2.75, 3.05) is 19.3 Å². The van der Waals surface area contributed by atoms with E-state index in [1.165, 1.54) is 6.07 Å². The third-order valence-electron chi connectivity index (χ3n) is 2.17. The summed E-state index contributed by atoms with van der Waals surface area (Å²) in [5.74, 6) is -0.447. The van der Waals surface area contributed by atoms with Crippen LogP contribution in [0.3, 0.4) is 0 Å². The molecule has 0 spiro atoms. The quantitative estimate of drug-likeness (QED) is 0.696. The van der Waals surface area contributed by atoms with Gasteiger partial charge in [-0.05, 0) is 18.2 Å². The van der Waals surface area contributed by atoms with Crippen molar-refractivity contribution in [2.45, 2.75) is 6.42 Å². The van der Waals surface area contributed by atoms with Gasteiger partial charge in [-0.25, -0.2) is 0 Å². The first-order valence-corrected chi connectivity index (χ1v) is 5.46. The molecule has 0 atom stereocenters. The summed E-state index contributed by atoms with van der Waals surface area (Å²) in [7, 11) is 1.54. The molecule has 0 saturated carbocycles. The summed E-state index contributed by atoms with van der Waals surface area (Å²) in [6, 6.07) is 4.65. The van der Waals surface area contributed by atoms with Crippen molar-refractivity contribution >= 4 is 29.1 Å². The maximum Gasteiger partial charge on any atom is 0.253 e. The van der Waals surface area contributed by atoms with Crippen molar-refractivity contribution < 1.29 is 9.59 Å². The molecule has 6 heteroatoms. The van der Waals surface area contributed by atoms with Gasteiger partial charge in [-0.1, -0.05) is 11.6 Å². The van der Waals surface area contributed by atoms with Crippen LogP contribution in [0.2, 0.25) is 5.02 Å². The summed E-state index contributed by atoms with van der Waals surface area (Å²) in [4.78, 5) is 22.6. The molecule has 4 N–H and O–H groups in total. The SMILES string of the molecule is CNC(=O)CCNC(=O)c1ccc(Cl)cc1N. The second kappa shape index (κ2) is 6.10. The minimum absolute atomic E-state index is 0.130. The van der Waals surface area contributed by atoms with E-state index in [2.05, 4.69) is 10.6 Å². The van der Waals surface area contributed by atoms with Crippen molar-refractivity contribution in [3.8, 4) is 0 Å². The number of halogens is 1. The number of nitrogen functional groups attached to an aromatic ring is 1. The van der Waals surface area contributed by atoms with Crippen LogP contribution in [0, 0.1) is 0 Å². The number of carbonyl (C=O) groups excluding carboxylic acids is 2. The zero-order valence-corrected chi connectivity index (χ0v) is 10.2. The van der Waals surface area contributed by atoms with Crippen molar-refractivity contribution in [3.05, 3.63) is 28.8 Å². The molecule has 1 aromatic carbocycles. The van der Waals surface area contributed by atoms with Crippen molar-refractivity contribution in [1.29, 1.82) is 0 Å². The third kappa shape index (κ3) is 3.96. The molecule has 0 aliphatic carbocycles. The van der Waals surface area contributed by atoms with Crippen LogP contribution in [0.1, 0.15) is 16.8 Å². The molecule has 0 bridgehead atoms. The van der Waals surface area contributed by atoms with Crippen LogP contribution in [-0.2, 0) is 4.79 Å². The fourth-order valence-corrected chi connectivity index (χ4v) is 1.43. The van der Waals surface area contributed by atoms with Gasteiger partial charge in [-0.3, -0.25) is 9.59 Å². The smallest absolute Gasteiger partial charge is 0.253 e. The highest BCUT2D eigenvalue weighted by molar-refractivity contribution is 6.31. The van der Waals surface area contributed by atoms with Gasteiger partial charge >= 0.3 is 0 Å². The van der Waals surface area contributed by atoms with E-state index in [1.807, 2.05) is 0 Å². The number of benzene rings is 1. The van der Waals surface area contributed by atoms with Crippen molar-refractivity contribution in [3.63, 3.8) is 0 Å². The Hall–Kier alpha value is -1.75. The minimum atomic E-state index is -0.317. The van der Waals surface area contributed by atoms with Gasteiger partial charge in [0.1, 0.15) is 0 Å². The Labute approximate surface area is 104 Å². The molecule has 0 fully saturated rings. The topological polar surface area (TPSA) is 84.2 Å². The van der Waals surface area contributed by atoms with Crippen LogP contribution in [0.25, 0.3) is 0 Å². The molecule has 0 unspecified atom stereocenters. The first kappa shape index (κ1) is 13.3. The standard InChI is InChI=1S/C11H14ClN3O2/c1-14-10(16)4-5-15-11(17)8-3-2-7(12)6-9(8)13/h2-3,6H,4-5,13H2,1H3,(H,14,16)(H,15,17). The first-order valence-electron chi connectivity index (χ1n) is 5.08. The Morgan fingerprint density at radius 3 is 2.71 bits per heavy atom. The van der Waals surface area contributed by atoms with Gasteiger partial charge in [0, 0.05) is 30.7 Å². The fourth-order valence-electron chi connectivity index (χ4n) is 1.25. The second-order valence-electron chi connectivity index (χ2n) is 3.41. The maximum absolute atomic E-state index is 11.7. The summed E-state index contributed by atoms with van der Waals surface area (Å²) in [5.41, 5.74) is 6.32. The van der Waals surface area contributed by atoms with Crippen molar-refractivity contribution in [2.24, 2.45) is 0 Å². The molecule has 1 rings (SSSR count). The van der Waals surface area contributed by atoms with E-state index in [-0.39, 0.29) is 24.8 Å². The summed E-state index contributed by atoms with van der Waals surface area (Å²) in [6.07, 6.45) is 0.232. The highest BCUT2D eigenvalue weighted by Gasteiger charge is 2.09. The van der Waals surface area contributed by atoms with Gasteiger partial charge in [-0.15, -0.1) is 0 Å². The Kier molecular flexibility index (Phi) is 4.78.